The lowest BCUT2D eigenvalue weighted by Crippen LogP contribution is -2.03. The third kappa shape index (κ3) is 3.78. The van der Waals surface area contributed by atoms with Gasteiger partial charge < -0.3 is 9.94 Å². The van der Waals surface area contributed by atoms with Gasteiger partial charge >= 0.3 is 0 Å². The predicted molar refractivity (Wildman–Crippen MR) is 78.8 cm³/mol. The second-order valence-electron chi connectivity index (χ2n) is 4.36. The molecule has 0 aliphatic rings. The molecule has 0 saturated heterocycles. The molecule has 0 saturated carbocycles. The molecule has 0 spiro atoms. The Bertz CT molecular complexity index is 689. The van der Waals surface area contributed by atoms with Gasteiger partial charge in [-0.15, -0.1) is 0 Å². The van der Waals surface area contributed by atoms with Gasteiger partial charge in [-0.2, -0.15) is 0 Å². The second kappa shape index (κ2) is 6.67. The lowest BCUT2D eigenvalue weighted by molar-refractivity contribution is 0.301. The summed E-state index contributed by atoms with van der Waals surface area (Å²) in [6.45, 7) is 1.71. The third-order valence-electron chi connectivity index (χ3n) is 2.86. The zero-order valence-electron chi connectivity index (χ0n) is 11.1. The highest BCUT2D eigenvalue weighted by Crippen LogP contribution is 2.23. The molecule has 0 unspecified atom stereocenters. The first-order chi connectivity index (χ1) is 10.0. The molecule has 2 aromatic rings. The lowest BCUT2D eigenvalue weighted by atomic mass is 10.1. The van der Waals surface area contributed by atoms with E-state index in [1.54, 1.807) is 19.1 Å². The van der Waals surface area contributed by atoms with Crippen LogP contribution in [-0.4, -0.2) is 10.9 Å². The Hall–Kier alpha value is -1.95. The molecule has 2 aromatic carbocycles. The molecule has 110 valence electrons. The number of halogens is 3. The molecule has 0 bridgehead atoms. The van der Waals surface area contributed by atoms with Crippen LogP contribution >= 0.6 is 15.9 Å². The van der Waals surface area contributed by atoms with E-state index in [0.29, 0.717) is 15.7 Å². The van der Waals surface area contributed by atoms with Crippen LogP contribution in [0.4, 0.5) is 8.78 Å². The fraction of sp³-hybridized carbons (Fsp3) is 0.133. The maximum absolute atomic E-state index is 13.3. The molecule has 0 fully saturated rings. The molecule has 0 radical (unpaired) electrons. The number of ether oxygens (including phenoxy) is 1. The quantitative estimate of drug-likeness (QED) is 0.498. The molecule has 0 aliphatic carbocycles. The van der Waals surface area contributed by atoms with Crippen molar-refractivity contribution in [2.75, 3.05) is 0 Å². The van der Waals surface area contributed by atoms with E-state index < -0.39 is 5.82 Å². The van der Waals surface area contributed by atoms with Gasteiger partial charge in [-0.25, -0.2) is 8.78 Å². The Labute approximate surface area is 129 Å². The Morgan fingerprint density at radius 2 is 2.00 bits per heavy atom. The SMILES string of the molecule is CC(=NO)c1ccc(F)cc1OCc1ccc(F)c(Br)c1. The van der Waals surface area contributed by atoms with E-state index in [1.165, 1.54) is 24.3 Å². The number of hydrogen-bond donors (Lipinski definition) is 1. The number of oxime groups is 1. The molecule has 2 rings (SSSR count). The lowest BCUT2D eigenvalue weighted by Gasteiger charge is -2.11. The van der Waals surface area contributed by atoms with Crippen LogP contribution in [0.1, 0.15) is 18.1 Å². The van der Waals surface area contributed by atoms with Crippen molar-refractivity contribution in [3.8, 4) is 5.75 Å². The van der Waals surface area contributed by atoms with Crippen molar-refractivity contribution >= 4 is 21.6 Å². The molecular weight excluding hydrogens is 344 g/mol. The van der Waals surface area contributed by atoms with Crippen molar-refractivity contribution in [3.05, 3.63) is 63.6 Å². The molecule has 0 atom stereocenters. The van der Waals surface area contributed by atoms with Crippen LogP contribution in [0.25, 0.3) is 0 Å². The zero-order valence-corrected chi connectivity index (χ0v) is 12.7. The van der Waals surface area contributed by atoms with Crippen molar-refractivity contribution in [1.29, 1.82) is 0 Å². The van der Waals surface area contributed by atoms with Crippen LogP contribution in [0.5, 0.6) is 5.75 Å². The number of hydrogen-bond acceptors (Lipinski definition) is 3. The molecular formula is C15H12BrF2NO2. The largest absolute Gasteiger partial charge is 0.488 e. The molecule has 6 heteroatoms. The Balaban J connectivity index is 2.22. The maximum Gasteiger partial charge on any atom is 0.137 e. The Morgan fingerprint density at radius 3 is 2.67 bits per heavy atom. The van der Waals surface area contributed by atoms with Gasteiger partial charge in [0.25, 0.3) is 0 Å². The molecule has 0 amide bonds. The highest BCUT2D eigenvalue weighted by atomic mass is 79.9. The first-order valence-corrected chi connectivity index (χ1v) is 6.86. The molecule has 1 N–H and O–H groups in total. The van der Waals surface area contributed by atoms with E-state index >= 15 is 0 Å². The molecule has 3 nitrogen and oxygen atoms in total. The van der Waals surface area contributed by atoms with E-state index in [2.05, 4.69) is 21.1 Å². The van der Waals surface area contributed by atoms with Gasteiger partial charge in [0.05, 0.1) is 10.2 Å². The summed E-state index contributed by atoms with van der Waals surface area (Å²) in [5.41, 5.74) is 1.52. The van der Waals surface area contributed by atoms with Gasteiger partial charge in [0, 0.05) is 11.6 Å². The van der Waals surface area contributed by atoms with Crippen molar-refractivity contribution in [2.24, 2.45) is 5.16 Å². The van der Waals surface area contributed by atoms with Crippen molar-refractivity contribution in [3.63, 3.8) is 0 Å². The van der Waals surface area contributed by atoms with Gasteiger partial charge in [-0.1, -0.05) is 11.2 Å². The van der Waals surface area contributed by atoms with Crippen molar-refractivity contribution in [2.45, 2.75) is 13.5 Å². The van der Waals surface area contributed by atoms with Crippen LogP contribution in [-0.2, 0) is 6.61 Å². The minimum absolute atomic E-state index is 0.133. The van der Waals surface area contributed by atoms with Gasteiger partial charge in [0.2, 0.25) is 0 Å². The summed E-state index contributed by atoms with van der Waals surface area (Å²) in [5, 5.41) is 11.9. The van der Waals surface area contributed by atoms with Crippen LogP contribution in [0.15, 0.2) is 46.0 Å². The van der Waals surface area contributed by atoms with Crippen LogP contribution in [0.2, 0.25) is 0 Å². The zero-order chi connectivity index (χ0) is 15.4. The van der Waals surface area contributed by atoms with Crippen LogP contribution < -0.4 is 4.74 Å². The minimum atomic E-state index is -0.459. The smallest absolute Gasteiger partial charge is 0.137 e. The minimum Gasteiger partial charge on any atom is -0.488 e. The third-order valence-corrected chi connectivity index (χ3v) is 3.47. The van der Waals surface area contributed by atoms with Gasteiger partial charge in [-0.3, -0.25) is 0 Å². The summed E-state index contributed by atoms with van der Waals surface area (Å²) in [6, 6.07) is 8.41. The predicted octanol–water partition coefficient (Wildman–Crippen LogP) is 4.50. The summed E-state index contributed by atoms with van der Waals surface area (Å²) < 4.78 is 32.3. The number of benzene rings is 2. The molecule has 0 heterocycles. The van der Waals surface area contributed by atoms with Gasteiger partial charge in [0.15, 0.2) is 0 Å². The van der Waals surface area contributed by atoms with Crippen molar-refractivity contribution in [1.82, 2.24) is 0 Å². The first kappa shape index (κ1) is 15.4. The average molecular weight is 356 g/mol. The van der Waals surface area contributed by atoms with E-state index in [4.69, 9.17) is 9.94 Å². The normalized spacial score (nSPS) is 11.5. The molecule has 0 aromatic heterocycles. The Morgan fingerprint density at radius 1 is 1.24 bits per heavy atom. The van der Waals surface area contributed by atoms with Crippen molar-refractivity contribution < 1.29 is 18.7 Å². The standard InChI is InChI=1S/C15H12BrF2NO2/c1-9(19-20)12-4-3-11(17)7-15(12)21-8-10-2-5-14(18)13(16)6-10/h2-7,20H,8H2,1H3. The van der Waals surface area contributed by atoms with Gasteiger partial charge in [-0.05, 0) is 52.7 Å². The fourth-order valence-corrected chi connectivity index (χ4v) is 2.19. The van der Waals surface area contributed by atoms with Crippen LogP contribution in [0, 0.1) is 11.6 Å². The number of rotatable bonds is 4. The summed E-state index contributed by atoms with van der Waals surface area (Å²) in [4.78, 5) is 0. The summed E-state index contributed by atoms with van der Waals surface area (Å²) in [7, 11) is 0. The van der Waals surface area contributed by atoms with E-state index in [0.717, 1.165) is 5.56 Å². The topological polar surface area (TPSA) is 41.8 Å². The molecule has 21 heavy (non-hydrogen) atoms. The maximum atomic E-state index is 13.3. The van der Waals surface area contributed by atoms with E-state index in [9.17, 15) is 8.78 Å². The van der Waals surface area contributed by atoms with Gasteiger partial charge in [0.1, 0.15) is 24.0 Å². The summed E-state index contributed by atoms with van der Waals surface area (Å²) in [6.07, 6.45) is 0. The summed E-state index contributed by atoms with van der Waals surface area (Å²) >= 11 is 3.09. The fourth-order valence-electron chi connectivity index (χ4n) is 1.76. The van der Waals surface area contributed by atoms with E-state index in [1.807, 2.05) is 0 Å². The number of nitrogens with zero attached hydrogens (tertiary/aromatic N) is 1. The molecule has 0 aliphatic heterocycles. The monoisotopic (exact) mass is 355 g/mol. The summed E-state index contributed by atoms with van der Waals surface area (Å²) in [5.74, 6) is -0.570. The average Bonchev–Trinajstić information content (AvgIpc) is 2.48. The van der Waals surface area contributed by atoms with E-state index in [-0.39, 0.29) is 18.2 Å². The van der Waals surface area contributed by atoms with Crippen LogP contribution in [0.3, 0.4) is 0 Å². The Kier molecular flexibility index (Phi) is 4.90. The first-order valence-electron chi connectivity index (χ1n) is 6.06. The highest BCUT2D eigenvalue weighted by molar-refractivity contribution is 9.10. The second-order valence-corrected chi connectivity index (χ2v) is 5.22. The highest BCUT2D eigenvalue weighted by Gasteiger charge is 2.10.